The van der Waals surface area contributed by atoms with Gasteiger partial charge in [-0.25, -0.2) is 8.78 Å². The van der Waals surface area contributed by atoms with Crippen LogP contribution in [-0.2, 0) is 17.8 Å². The minimum atomic E-state index is -0.685. The molecule has 1 unspecified atom stereocenters. The number of carbonyl (C=O) groups is 1. The zero-order valence-electron chi connectivity index (χ0n) is 15.8. The quantitative estimate of drug-likeness (QED) is 0.705. The Labute approximate surface area is 165 Å². The number of fused-ring (bicyclic) bond motifs is 2. The highest BCUT2D eigenvalue weighted by Crippen LogP contribution is 2.24. The SMILES string of the molecule is O=C(c1cc2c(F)cc(F)cc2[nH]1)N1CCn2nc(NCC3CCOC3)cc2C1. The number of carbonyl (C=O) groups excluding carboxylic acids is 1. The first-order valence-electron chi connectivity index (χ1n) is 9.72. The van der Waals surface area contributed by atoms with Crippen LogP contribution in [0.1, 0.15) is 22.6 Å². The van der Waals surface area contributed by atoms with Gasteiger partial charge in [-0.3, -0.25) is 9.48 Å². The first-order chi connectivity index (χ1) is 14.1. The molecule has 0 radical (unpaired) electrons. The van der Waals surface area contributed by atoms with E-state index in [1.54, 1.807) is 4.90 Å². The number of halogens is 2. The van der Waals surface area contributed by atoms with Crippen molar-refractivity contribution >= 4 is 22.6 Å². The van der Waals surface area contributed by atoms with E-state index < -0.39 is 11.6 Å². The van der Waals surface area contributed by atoms with Crippen molar-refractivity contribution in [3.05, 3.63) is 47.3 Å². The summed E-state index contributed by atoms with van der Waals surface area (Å²) in [6.07, 6.45) is 1.05. The fourth-order valence-corrected chi connectivity index (χ4v) is 3.97. The van der Waals surface area contributed by atoms with Crippen molar-refractivity contribution in [3.63, 3.8) is 0 Å². The summed E-state index contributed by atoms with van der Waals surface area (Å²) >= 11 is 0. The van der Waals surface area contributed by atoms with E-state index in [1.807, 2.05) is 10.7 Å². The van der Waals surface area contributed by atoms with Gasteiger partial charge in [0.25, 0.3) is 5.91 Å². The maximum Gasteiger partial charge on any atom is 0.270 e. The van der Waals surface area contributed by atoms with Crippen LogP contribution in [0.5, 0.6) is 0 Å². The molecule has 9 heteroatoms. The zero-order chi connectivity index (χ0) is 20.0. The number of benzene rings is 1. The maximum absolute atomic E-state index is 13.9. The molecule has 1 fully saturated rings. The highest BCUT2D eigenvalue weighted by Gasteiger charge is 2.25. The molecular formula is C20H21F2N5O2. The third-order valence-electron chi connectivity index (χ3n) is 5.56. The average molecular weight is 401 g/mol. The predicted molar refractivity (Wildman–Crippen MR) is 103 cm³/mol. The van der Waals surface area contributed by atoms with Crippen molar-refractivity contribution in [2.75, 3.05) is 31.6 Å². The van der Waals surface area contributed by atoms with Gasteiger partial charge in [0.05, 0.1) is 30.9 Å². The number of rotatable bonds is 4. The van der Waals surface area contributed by atoms with Crippen LogP contribution in [0.25, 0.3) is 10.9 Å². The van der Waals surface area contributed by atoms with Crippen LogP contribution in [0, 0.1) is 17.6 Å². The fourth-order valence-electron chi connectivity index (χ4n) is 3.97. The van der Waals surface area contributed by atoms with Gasteiger partial charge >= 0.3 is 0 Å². The Hall–Kier alpha value is -2.94. The molecule has 0 spiro atoms. The molecule has 0 bridgehead atoms. The minimum Gasteiger partial charge on any atom is -0.381 e. The summed E-state index contributed by atoms with van der Waals surface area (Å²) in [6.45, 7) is 3.89. The smallest absolute Gasteiger partial charge is 0.270 e. The highest BCUT2D eigenvalue weighted by molar-refractivity contribution is 5.98. The molecule has 1 saturated heterocycles. The third-order valence-corrected chi connectivity index (χ3v) is 5.56. The lowest BCUT2D eigenvalue weighted by atomic mass is 10.1. The first kappa shape index (κ1) is 18.1. The predicted octanol–water partition coefficient (Wildman–Crippen LogP) is 2.75. The molecule has 1 aromatic carbocycles. The minimum absolute atomic E-state index is 0.208. The summed E-state index contributed by atoms with van der Waals surface area (Å²) < 4.78 is 34.6. The van der Waals surface area contributed by atoms with Gasteiger partial charge in [-0.05, 0) is 18.6 Å². The summed E-state index contributed by atoms with van der Waals surface area (Å²) in [6, 6.07) is 5.40. The Kier molecular flexibility index (Phi) is 4.46. The van der Waals surface area contributed by atoms with E-state index in [0.29, 0.717) is 25.6 Å². The van der Waals surface area contributed by atoms with Crippen LogP contribution >= 0.6 is 0 Å². The van der Waals surface area contributed by atoms with Crippen molar-refractivity contribution in [2.45, 2.75) is 19.5 Å². The number of nitrogens with one attached hydrogen (secondary N) is 2. The fraction of sp³-hybridized carbons (Fsp3) is 0.400. The lowest BCUT2D eigenvalue weighted by Crippen LogP contribution is -2.38. The Morgan fingerprint density at radius 1 is 1.28 bits per heavy atom. The van der Waals surface area contributed by atoms with Gasteiger partial charge < -0.3 is 19.9 Å². The monoisotopic (exact) mass is 401 g/mol. The normalized spacial score (nSPS) is 19.0. The average Bonchev–Trinajstić information content (AvgIpc) is 3.43. The molecule has 0 saturated carbocycles. The van der Waals surface area contributed by atoms with Gasteiger partial charge in [0.1, 0.15) is 23.1 Å². The van der Waals surface area contributed by atoms with Gasteiger partial charge in [0, 0.05) is 43.1 Å². The molecular weight excluding hydrogens is 380 g/mol. The number of nitrogens with zero attached hydrogens (tertiary/aromatic N) is 3. The van der Waals surface area contributed by atoms with E-state index in [-0.39, 0.29) is 22.5 Å². The van der Waals surface area contributed by atoms with Crippen LogP contribution in [-0.4, -0.2) is 51.9 Å². The molecule has 1 amide bonds. The maximum atomic E-state index is 13.9. The Morgan fingerprint density at radius 3 is 3.00 bits per heavy atom. The van der Waals surface area contributed by atoms with E-state index in [0.717, 1.165) is 43.8 Å². The van der Waals surface area contributed by atoms with Crippen LogP contribution in [0.2, 0.25) is 0 Å². The number of aromatic amines is 1. The molecule has 1 atom stereocenters. The summed E-state index contributed by atoms with van der Waals surface area (Å²) in [5.41, 5.74) is 1.45. The molecule has 2 aliphatic heterocycles. The number of hydrogen-bond acceptors (Lipinski definition) is 4. The number of ether oxygens (including phenoxy) is 1. The van der Waals surface area contributed by atoms with Gasteiger partial charge in [-0.1, -0.05) is 0 Å². The van der Waals surface area contributed by atoms with Crippen LogP contribution in [0.15, 0.2) is 24.3 Å². The molecule has 2 aliphatic rings. The molecule has 4 heterocycles. The molecule has 29 heavy (non-hydrogen) atoms. The standard InChI is InChI=1S/C20H21F2N5O2/c21-13-5-16(22)15-8-18(24-17(15)6-13)20(28)26-2-3-27-14(10-26)7-19(25-27)23-9-12-1-4-29-11-12/h5-8,12,24H,1-4,9-11H2,(H,23,25). The Balaban J connectivity index is 1.30. The molecule has 2 N–H and O–H groups in total. The summed E-state index contributed by atoms with van der Waals surface area (Å²) in [5, 5.41) is 8.12. The molecule has 5 rings (SSSR count). The third kappa shape index (κ3) is 3.46. The number of H-pyrrole nitrogens is 1. The van der Waals surface area contributed by atoms with Gasteiger partial charge in [-0.15, -0.1) is 0 Å². The van der Waals surface area contributed by atoms with Crippen molar-refractivity contribution in [2.24, 2.45) is 5.92 Å². The van der Waals surface area contributed by atoms with Crippen LogP contribution < -0.4 is 5.32 Å². The van der Waals surface area contributed by atoms with Crippen LogP contribution in [0.4, 0.5) is 14.6 Å². The van der Waals surface area contributed by atoms with E-state index in [1.165, 1.54) is 12.1 Å². The van der Waals surface area contributed by atoms with Crippen molar-refractivity contribution < 1.29 is 18.3 Å². The lowest BCUT2D eigenvalue weighted by Gasteiger charge is -2.27. The number of amides is 1. The summed E-state index contributed by atoms with van der Waals surface area (Å²) in [7, 11) is 0. The van der Waals surface area contributed by atoms with Gasteiger partial charge in [0.2, 0.25) is 0 Å². The van der Waals surface area contributed by atoms with Gasteiger partial charge in [0.15, 0.2) is 0 Å². The zero-order valence-corrected chi connectivity index (χ0v) is 15.8. The Bertz CT molecular complexity index is 1070. The summed E-state index contributed by atoms with van der Waals surface area (Å²) in [5.74, 6) is -0.313. The number of anilines is 1. The number of hydrogen-bond donors (Lipinski definition) is 2. The van der Waals surface area contributed by atoms with E-state index in [2.05, 4.69) is 15.4 Å². The molecule has 7 nitrogen and oxygen atoms in total. The summed E-state index contributed by atoms with van der Waals surface area (Å²) in [4.78, 5) is 17.4. The molecule has 152 valence electrons. The largest absolute Gasteiger partial charge is 0.381 e. The molecule has 0 aliphatic carbocycles. The van der Waals surface area contributed by atoms with E-state index >= 15 is 0 Å². The second-order valence-electron chi connectivity index (χ2n) is 7.61. The van der Waals surface area contributed by atoms with Crippen molar-refractivity contribution in [1.29, 1.82) is 0 Å². The van der Waals surface area contributed by atoms with Gasteiger partial charge in [-0.2, -0.15) is 5.10 Å². The number of aromatic nitrogens is 3. The second kappa shape index (κ2) is 7.14. The highest BCUT2D eigenvalue weighted by atomic mass is 19.1. The second-order valence-corrected chi connectivity index (χ2v) is 7.61. The van der Waals surface area contributed by atoms with E-state index in [9.17, 15) is 13.6 Å². The lowest BCUT2D eigenvalue weighted by molar-refractivity contribution is 0.0701. The van der Waals surface area contributed by atoms with Crippen molar-refractivity contribution in [3.8, 4) is 0 Å². The molecule has 3 aromatic rings. The first-order valence-corrected chi connectivity index (χ1v) is 9.72. The Morgan fingerprint density at radius 2 is 2.17 bits per heavy atom. The van der Waals surface area contributed by atoms with Crippen molar-refractivity contribution in [1.82, 2.24) is 19.7 Å². The van der Waals surface area contributed by atoms with E-state index in [4.69, 9.17) is 4.74 Å². The molecule has 2 aromatic heterocycles. The van der Waals surface area contributed by atoms with Crippen LogP contribution in [0.3, 0.4) is 0 Å². The topological polar surface area (TPSA) is 75.2 Å².